The smallest absolute Gasteiger partial charge is 0.126 e. The maximum absolute atomic E-state index is 13.6. The Morgan fingerprint density at radius 3 is 2.32 bits per heavy atom. The Hall–Kier alpha value is -1.67. The van der Waals surface area contributed by atoms with Crippen LogP contribution in [0.1, 0.15) is 54.5 Å². The van der Waals surface area contributed by atoms with Gasteiger partial charge in [-0.1, -0.05) is 56.2 Å². The number of benzene rings is 2. The van der Waals surface area contributed by atoms with Crippen molar-refractivity contribution in [3.05, 3.63) is 70.5 Å². The van der Waals surface area contributed by atoms with Crippen LogP contribution < -0.4 is 0 Å². The Morgan fingerprint density at radius 2 is 1.68 bits per heavy atom. The molecule has 22 heavy (non-hydrogen) atoms. The maximum Gasteiger partial charge on any atom is 0.126 e. The van der Waals surface area contributed by atoms with Gasteiger partial charge in [-0.3, -0.25) is 0 Å². The van der Waals surface area contributed by atoms with Crippen LogP contribution in [0, 0.1) is 12.7 Å². The Bertz CT molecular complexity index is 589. The van der Waals surface area contributed by atoms with Gasteiger partial charge >= 0.3 is 0 Å². The SMILES string of the molecule is CCCCCc1ccc(C(O)Cc2ccc(C)c(F)c2)cc1. The minimum absolute atomic E-state index is 0.212. The van der Waals surface area contributed by atoms with Crippen molar-refractivity contribution in [2.24, 2.45) is 0 Å². The largest absolute Gasteiger partial charge is 0.388 e. The molecule has 0 spiro atoms. The molecule has 0 radical (unpaired) electrons. The predicted octanol–water partition coefficient (Wildman–Crippen LogP) is 5.14. The molecule has 0 saturated heterocycles. The lowest BCUT2D eigenvalue weighted by molar-refractivity contribution is 0.178. The molecule has 0 fully saturated rings. The van der Waals surface area contributed by atoms with Gasteiger partial charge in [-0.05, 0) is 48.1 Å². The summed E-state index contributed by atoms with van der Waals surface area (Å²) in [5.74, 6) is -0.212. The molecule has 0 bridgehead atoms. The zero-order valence-electron chi connectivity index (χ0n) is 13.5. The normalized spacial score (nSPS) is 12.4. The first-order valence-electron chi connectivity index (χ1n) is 8.12. The molecule has 0 aromatic heterocycles. The van der Waals surface area contributed by atoms with Crippen LogP contribution in [0.5, 0.6) is 0 Å². The van der Waals surface area contributed by atoms with Crippen LogP contribution in [0.25, 0.3) is 0 Å². The van der Waals surface area contributed by atoms with E-state index in [4.69, 9.17) is 0 Å². The lowest BCUT2D eigenvalue weighted by atomic mass is 9.98. The highest BCUT2D eigenvalue weighted by Crippen LogP contribution is 2.21. The molecule has 0 amide bonds. The highest BCUT2D eigenvalue weighted by molar-refractivity contribution is 5.28. The summed E-state index contributed by atoms with van der Waals surface area (Å²) in [7, 11) is 0. The van der Waals surface area contributed by atoms with Crippen LogP contribution in [0.15, 0.2) is 42.5 Å². The molecule has 0 saturated carbocycles. The fourth-order valence-electron chi connectivity index (χ4n) is 2.59. The lowest BCUT2D eigenvalue weighted by Gasteiger charge is -2.12. The van der Waals surface area contributed by atoms with Gasteiger partial charge in [0.1, 0.15) is 5.82 Å². The summed E-state index contributed by atoms with van der Waals surface area (Å²) in [4.78, 5) is 0. The quantitative estimate of drug-likeness (QED) is 0.702. The van der Waals surface area contributed by atoms with Crippen molar-refractivity contribution < 1.29 is 9.50 Å². The van der Waals surface area contributed by atoms with Crippen molar-refractivity contribution in [2.75, 3.05) is 0 Å². The predicted molar refractivity (Wildman–Crippen MR) is 89.5 cm³/mol. The first-order valence-corrected chi connectivity index (χ1v) is 8.12. The molecule has 2 aromatic carbocycles. The van der Waals surface area contributed by atoms with Gasteiger partial charge in [-0.2, -0.15) is 0 Å². The molecule has 1 unspecified atom stereocenters. The second-order valence-corrected chi connectivity index (χ2v) is 6.00. The van der Waals surface area contributed by atoms with E-state index in [1.54, 1.807) is 13.0 Å². The number of rotatable bonds is 7. The molecule has 118 valence electrons. The number of hydrogen-bond acceptors (Lipinski definition) is 1. The molecule has 2 rings (SSSR count). The third-order valence-corrected chi connectivity index (χ3v) is 4.10. The molecule has 0 aliphatic rings. The summed E-state index contributed by atoms with van der Waals surface area (Å²) >= 11 is 0. The number of halogens is 1. The third-order valence-electron chi connectivity index (χ3n) is 4.10. The second-order valence-electron chi connectivity index (χ2n) is 6.00. The van der Waals surface area contributed by atoms with Crippen molar-refractivity contribution in [3.8, 4) is 0 Å². The Balaban J connectivity index is 1.97. The zero-order chi connectivity index (χ0) is 15.9. The lowest BCUT2D eigenvalue weighted by Crippen LogP contribution is -2.02. The van der Waals surface area contributed by atoms with Crippen molar-refractivity contribution in [1.82, 2.24) is 0 Å². The van der Waals surface area contributed by atoms with Gasteiger partial charge in [0.25, 0.3) is 0 Å². The third kappa shape index (κ3) is 4.67. The van der Waals surface area contributed by atoms with Gasteiger partial charge in [0.05, 0.1) is 6.10 Å². The number of aliphatic hydroxyl groups is 1. The molecule has 2 heteroatoms. The highest BCUT2D eigenvalue weighted by Gasteiger charge is 2.10. The van der Waals surface area contributed by atoms with E-state index >= 15 is 0 Å². The standard InChI is InChI=1S/C20H25FO/c1-3-4-5-6-16-9-11-18(12-10-16)20(22)14-17-8-7-15(2)19(21)13-17/h7-13,20,22H,3-6,14H2,1-2H3. The van der Waals surface area contributed by atoms with Crippen LogP contribution in [0.2, 0.25) is 0 Å². The summed E-state index contributed by atoms with van der Waals surface area (Å²) in [5, 5.41) is 10.3. The Morgan fingerprint density at radius 1 is 1.00 bits per heavy atom. The first-order chi connectivity index (χ1) is 10.6. The molecule has 0 aliphatic carbocycles. The van der Waals surface area contributed by atoms with Crippen molar-refractivity contribution in [1.29, 1.82) is 0 Å². The Kier molecular flexibility index (Phi) is 6.14. The van der Waals surface area contributed by atoms with Crippen LogP contribution in [0.4, 0.5) is 4.39 Å². The van der Waals surface area contributed by atoms with Gasteiger partial charge in [-0.15, -0.1) is 0 Å². The molecule has 0 heterocycles. The van der Waals surface area contributed by atoms with Gasteiger partial charge in [0, 0.05) is 6.42 Å². The first kappa shape index (κ1) is 16.7. The minimum Gasteiger partial charge on any atom is -0.388 e. The summed E-state index contributed by atoms with van der Waals surface area (Å²) in [6.45, 7) is 3.94. The number of hydrogen-bond donors (Lipinski definition) is 1. The van der Waals surface area contributed by atoms with Gasteiger partial charge in [-0.25, -0.2) is 4.39 Å². The minimum atomic E-state index is -0.591. The summed E-state index contributed by atoms with van der Waals surface area (Å²) in [6, 6.07) is 13.3. The van der Waals surface area contributed by atoms with Crippen LogP contribution in [-0.4, -0.2) is 5.11 Å². The Labute approximate surface area is 132 Å². The van der Waals surface area contributed by atoms with Crippen LogP contribution in [-0.2, 0) is 12.8 Å². The summed E-state index contributed by atoms with van der Waals surface area (Å²) in [5.41, 5.74) is 3.66. The number of aliphatic hydroxyl groups excluding tert-OH is 1. The van der Waals surface area contributed by atoms with Gasteiger partial charge < -0.3 is 5.11 Å². The van der Waals surface area contributed by atoms with Crippen LogP contribution in [0.3, 0.4) is 0 Å². The maximum atomic E-state index is 13.6. The van der Waals surface area contributed by atoms with E-state index in [2.05, 4.69) is 19.1 Å². The molecule has 1 N–H and O–H groups in total. The monoisotopic (exact) mass is 300 g/mol. The second kappa shape index (κ2) is 8.09. The van der Waals surface area contributed by atoms with E-state index < -0.39 is 6.10 Å². The molecular formula is C20H25FO. The molecule has 0 aliphatic heterocycles. The fourth-order valence-corrected chi connectivity index (χ4v) is 2.59. The van der Waals surface area contributed by atoms with E-state index in [9.17, 15) is 9.50 Å². The average molecular weight is 300 g/mol. The van der Waals surface area contributed by atoms with E-state index in [0.717, 1.165) is 17.5 Å². The van der Waals surface area contributed by atoms with Crippen LogP contribution >= 0.6 is 0 Å². The van der Waals surface area contributed by atoms with Crippen molar-refractivity contribution >= 4 is 0 Å². The van der Waals surface area contributed by atoms with E-state index in [0.29, 0.717) is 12.0 Å². The molecule has 1 atom stereocenters. The van der Waals surface area contributed by atoms with Crippen molar-refractivity contribution in [3.63, 3.8) is 0 Å². The van der Waals surface area contributed by atoms with Gasteiger partial charge in [0.2, 0.25) is 0 Å². The number of aryl methyl sites for hydroxylation is 2. The average Bonchev–Trinajstić information content (AvgIpc) is 2.52. The highest BCUT2D eigenvalue weighted by atomic mass is 19.1. The van der Waals surface area contributed by atoms with E-state index in [-0.39, 0.29) is 5.82 Å². The van der Waals surface area contributed by atoms with Gasteiger partial charge in [0.15, 0.2) is 0 Å². The van der Waals surface area contributed by atoms with E-state index in [1.807, 2.05) is 18.2 Å². The molecular weight excluding hydrogens is 275 g/mol. The van der Waals surface area contributed by atoms with E-state index in [1.165, 1.54) is 30.9 Å². The van der Waals surface area contributed by atoms with Crippen molar-refractivity contribution in [2.45, 2.75) is 52.1 Å². The topological polar surface area (TPSA) is 20.2 Å². The number of unbranched alkanes of at least 4 members (excludes halogenated alkanes) is 2. The molecule has 2 aromatic rings. The summed E-state index contributed by atoms with van der Waals surface area (Å²) < 4.78 is 13.6. The summed E-state index contributed by atoms with van der Waals surface area (Å²) in [6.07, 6.45) is 4.63. The molecule has 1 nitrogen and oxygen atoms in total. The fraction of sp³-hybridized carbons (Fsp3) is 0.400. The zero-order valence-corrected chi connectivity index (χ0v) is 13.5.